The number of fused-ring (bicyclic) bond motifs is 5. The molecule has 5 aliphatic rings. The monoisotopic (exact) mass is 550 g/mol. The van der Waals surface area contributed by atoms with E-state index in [2.05, 4.69) is 27.7 Å². The van der Waals surface area contributed by atoms with Crippen LogP contribution in [0.3, 0.4) is 0 Å². The van der Waals surface area contributed by atoms with Crippen LogP contribution in [0.2, 0.25) is 0 Å². The van der Waals surface area contributed by atoms with Crippen molar-refractivity contribution in [2.45, 2.75) is 91.5 Å². The SMILES string of the molecule is C[C@@H]1C[C@H]2[C@@H]3CC(F)=C4CC(=O)C=C[C@]4(C)[C@@]3(F)[C@@H](O)C[C@]2(C)[C@@]1(OC(=O)OCC1C(C)(C)C1(C)C)C(=O)O. The quantitative estimate of drug-likeness (QED) is 0.441. The van der Waals surface area contributed by atoms with E-state index in [-0.39, 0.29) is 60.4 Å². The Morgan fingerprint density at radius 3 is 2.28 bits per heavy atom. The second-order valence-corrected chi connectivity index (χ2v) is 14.2. The predicted molar refractivity (Wildman–Crippen MR) is 137 cm³/mol. The van der Waals surface area contributed by atoms with E-state index in [9.17, 15) is 24.6 Å². The lowest BCUT2D eigenvalue weighted by atomic mass is 9.45. The van der Waals surface area contributed by atoms with E-state index in [0.717, 1.165) is 0 Å². The fourth-order valence-corrected chi connectivity index (χ4v) is 9.28. The summed E-state index contributed by atoms with van der Waals surface area (Å²) in [6, 6.07) is 0. The number of carboxylic acids is 1. The number of alkyl halides is 1. The lowest BCUT2D eigenvalue weighted by Crippen LogP contribution is -2.69. The van der Waals surface area contributed by atoms with E-state index in [1.165, 1.54) is 19.1 Å². The minimum atomic E-state index is -2.34. The molecule has 39 heavy (non-hydrogen) atoms. The third-order valence-electron chi connectivity index (χ3n) is 12.4. The normalized spacial score (nSPS) is 45.7. The summed E-state index contributed by atoms with van der Waals surface area (Å²) in [7, 11) is 0. The van der Waals surface area contributed by atoms with Gasteiger partial charge in [-0.25, -0.2) is 18.4 Å². The molecule has 0 amide bonds. The number of carboxylic acid groups (broad SMARTS) is 1. The van der Waals surface area contributed by atoms with Gasteiger partial charge in [0, 0.05) is 41.4 Å². The number of carbonyl (C=O) groups excluding carboxylic acids is 2. The zero-order valence-corrected chi connectivity index (χ0v) is 23.8. The molecule has 7 nitrogen and oxygen atoms in total. The van der Waals surface area contributed by atoms with Crippen molar-refractivity contribution in [3.63, 3.8) is 0 Å². The molecule has 0 radical (unpaired) electrons. The zero-order chi connectivity index (χ0) is 29.1. The lowest BCUT2D eigenvalue weighted by Gasteiger charge is -2.61. The lowest BCUT2D eigenvalue weighted by molar-refractivity contribution is -0.226. The Balaban J connectivity index is 1.49. The average Bonchev–Trinajstić information content (AvgIpc) is 3.10. The van der Waals surface area contributed by atoms with Crippen LogP contribution >= 0.6 is 0 Å². The first-order valence-corrected chi connectivity index (χ1v) is 13.9. The first-order valence-electron chi connectivity index (χ1n) is 13.9. The van der Waals surface area contributed by atoms with E-state index < -0.39 is 63.9 Å². The fraction of sp³-hybridized carbons (Fsp3) is 0.767. The molecule has 5 rings (SSSR count). The van der Waals surface area contributed by atoms with E-state index in [1.807, 2.05) is 0 Å². The van der Waals surface area contributed by atoms with Crippen molar-refractivity contribution in [3.8, 4) is 0 Å². The molecular formula is C30H40F2O7. The Hall–Kier alpha value is -2.29. The number of aliphatic hydroxyl groups excluding tert-OH is 1. The standard InChI is InChI=1S/C30H40F2O7/c1-15-10-17-18-12-20(31)19-11-16(33)8-9-27(19,6)29(18,32)22(34)13-28(17,7)30(15,23(35)36)39-24(37)38-14-21-25(2,3)26(21,4)5/h8-9,15,17-18,21-22,34H,10-14H2,1-7H3,(H,35,36)/t15-,17+,18+,22+,27+,28+,29+,30+/m1/s1. The summed E-state index contributed by atoms with van der Waals surface area (Å²) < 4.78 is 44.1. The smallest absolute Gasteiger partial charge is 0.478 e. The molecule has 3 saturated carbocycles. The second-order valence-electron chi connectivity index (χ2n) is 14.2. The van der Waals surface area contributed by atoms with E-state index in [0.29, 0.717) is 0 Å². The maximum atomic E-state index is 17.4. The van der Waals surface area contributed by atoms with Gasteiger partial charge in [-0.3, -0.25) is 4.79 Å². The van der Waals surface area contributed by atoms with Gasteiger partial charge in [0.25, 0.3) is 0 Å². The molecule has 0 aromatic heterocycles. The molecule has 9 heteroatoms. The number of rotatable bonds is 4. The van der Waals surface area contributed by atoms with E-state index >= 15 is 8.78 Å². The van der Waals surface area contributed by atoms with Crippen molar-refractivity contribution in [2.75, 3.05) is 6.61 Å². The second kappa shape index (κ2) is 8.14. The van der Waals surface area contributed by atoms with Gasteiger partial charge in [-0.2, -0.15) is 0 Å². The summed E-state index contributed by atoms with van der Waals surface area (Å²) in [5.41, 5.74) is -7.48. The van der Waals surface area contributed by atoms with Crippen LogP contribution in [0.4, 0.5) is 13.6 Å². The third-order valence-corrected chi connectivity index (χ3v) is 12.4. The van der Waals surface area contributed by atoms with Gasteiger partial charge >= 0.3 is 12.1 Å². The molecule has 0 bridgehead atoms. The molecule has 3 fully saturated rings. The van der Waals surface area contributed by atoms with Gasteiger partial charge in [-0.05, 0) is 48.2 Å². The number of hydrogen-bond donors (Lipinski definition) is 2. The number of halogens is 2. The summed E-state index contributed by atoms with van der Waals surface area (Å²) in [4.78, 5) is 38.1. The van der Waals surface area contributed by atoms with Gasteiger partial charge in [0.15, 0.2) is 11.5 Å². The van der Waals surface area contributed by atoms with Crippen LogP contribution in [0.15, 0.2) is 23.6 Å². The summed E-state index contributed by atoms with van der Waals surface area (Å²) >= 11 is 0. The van der Waals surface area contributed by atoms with Crippen molar-refractivity contribution in [1.29, 1.82) is 0 Å². The average molecular weight is 551 g/mol. The number of hydrogen-bond acceptors (Lipinski definition) is 6. The molecule has 0 aromatic carbocycles. The number of aliphatic hydroxyl groups is 1. The molecule has 0 aromatic rings. The van der Waals surface area contributed by atoms with Crippen LogP contribution in [0.25, 0.3) is 0 Å². The topological polar surface area (TPSA) is 110 Å². The van der Waals surface area contributed by atoms with Gasteiger partial charge in [0.05, 0.1) is 12.7 Å². The largest absolute Gasteiger partial charge is 0.509 e. The Kier molecular flexibility index (Phi) is 5.89. The Morgan fingerprint density at radius 2 is 1.72 bits per heavy atom. The Labute approximate surface area is 228 Å². The summed E-state index contributed by atoms with van der Waals surface area (Å²) in [5.74, 6) is -4.82. The molecule has 0 aliphatic heterocycles. The number of ketones is 1. The van der Waals surface area contributed by atoms with Crippen molar-refractivity contribution in [1.82, 2.24) is 0 Å². The molecule has 8 atom stereocenters. The molecule has 0 saturated heterocycles. The van der Waals surface area contributed by atoms with Crippen molar-refractivity contribution in [2.24, 2.45) is 45.3 Å². The molecule has 0 unspecified atom stereocenters. The van der Waals surface area contributed by atoms with Crippen LogP contribution in [-0.4, -0.2) is 52.1 Å². The number of allylic oxidation sites excluding steroid dienone is 4. The highest BCUT2D eigenvalue weighted by Crippen LogP contribution is 2.72. The first kappa shape index (κ1) is 28.2. The molecule has 2 N–H and O–H groups in total. The number of ether oxygens (including phenoxy) is 2. The first-order chi connectivity index (χ1) is 17.8. The fourth-order valence-electron chi connectivity index (χ4n) is 9.28. The maximum Gasteiger partial charge on any atom is 0.509 e. The Morgan fingerprint density at radius 1 is 1.10 bits per heavy atom. The third kappa shape index (κ3) is 3.25. The van der Waals surface area contributed by atoms with Gasteiger partial charge in [-0.15, -0.1) is 0 Å². The van der Waals surface area contributed by atoms with E-state index in [1.54, 1.807) is 13.8 Å². The van der Waals surface area contributed by atoms with E-state index in [4.69, 9.17) is 9.47 Å². The van der Waals surface area contributed by atoms with Gasteiger partial charge < -0.3 is 19.7 Å². The van der Waals surface area contributed by atoms with Gasteiger partial charge in [-0.1, -0.05) is 47.6 Å². The molecule has 216 valence electrons. The van der Waals surface area contributed by atoms with Gasteiger partial charge in [0.1, 0.15) is 5.83 Å². The summed E-state index contributed by atoms with van der Waals surface area (Å²) in [6.07, 6.45) is -0.999. The van der Waals surface area contributed by atoms with Crippen LogP contribution in [0.1, 0.15) is 74.1 Å². The summed E-state index contributed by atoms with van der Waals surface area (Å²) in [6.45, 7) is 13.1. The Bertz CT molecular complexity index is 1190. The molecule has 0 spiro atoms. The maximum absolute atomic E-state index is 17.4. The predicted octanol–water partition coefficient (Wildman–Crippen LogP) is 5.56. The van der Waals surface area contributed by atoms with Crippen molar-refractivity contribution in [3.05, 3.63) is 23.6 Å². The highest BCUT2D eigenvalue weighted by atomic mass is 19.1. The van der Waals surface area contributed by atoms with Crippen LogP contribution in [0, 0.1) is 45.3 Å². The van der Waals surface area contributed by atoms with Crippen molar-refractivity contribution >= 4 is 17.9 Å². The van der Waals surface area contributed by atoms with Gasteiger partial charge in [0.2, 0.25) is 5.60 Å². The highest BCUT2D eigenvalue weighted by Gasteiger charge is 2.78. The summed E-state index contributed by atoms with van der Waals surface area (Å²) in [5, 5.41) is 22.0. The molecular weight excluding hydrogens is 510 g/mol. The zero-order valence-electron chi connectivity index (χ0n) is 23.8. The van der Waals surface area contributed by atoms with Crippen LogP contribution in [-0.2, 0) is 19.1 Å². The number of aliphatic carboxylic acids is 1. The minimum Gasteiger partial charge on any atom is -0.478 e. The molecule has 0 heterocycles. The van der Waals surface area contributed by atoms with Crippen molar-refractivity contribution < 1.29 is 42.9 Å². The molecule has 5 aliphatic carbocycles. The van der Waals surface area contributed by atoms with Crippen LogP contribution in [0.5, 0.6) is 0 Å². The van der Waals surface area contributed by atoms with Crippen LogP contribution < -0.4 is 0 Å². The minimum absolute atomic E-state index is 0.0395. The number of carbonyl (C=O) groups is 3. The highest BCUT2D eigenvalue weighted by molar-refractivity contribution is 5.93.